The summed E-state index contributed by atoms with van der Waals surface area (Å²) < 4.78 is 20.4. The van der Waals surface area contributed by atoms with Gasteiger partial charge >= 0.3 is 0 Å². The Labute approximate surface area is 208 Å². The van der Waals surface area contributed by atoms with Gasteiger partial charge in [0.25, 0.3) is 5.91 Å². The Hall–Kier alpha value is -2.37. The molecule has 1 amide bonds. The van der Waals surface area contributed by atoms with E-state index in [1.165, 1.54) is 12.1 Å². The molecule has 6 heteroatoms. The molecule has 1 aromatic carbocycles. The molecule has 1 aliphatic heterocycles. The van der Waals surface area contributed by atoms with Crippen LogP contribution in [0.4, 0.5) is 4.39 Å². The van der Waals surface area contributed by atoms with E-state index in [1.54, 1.807) is 6.07 Å². The van der Waals surface area contributed by atoms with Crippen molar-refractivity contribution < 1.29 is 13.6 Å². The van der Waals surface area contributed by atoms with Crippen LogP contribution in [0, 0.1) is 11.2 Å². The monoisotopic (exact) mass is 486 g/mol. The van der Waals surface area contributed by atoms with Crippen molar-refractivity contribution in [2.24, 2.45) is 5.41 Å². The molecule has 0 aliphatic carbocycles. The van der Waals surface area contributed by atoms with Crippen LogP contribution in [-0.2, 0) is 6.42 Å². The van der Waals surface area contributed by atoms with E-state index in [0.29, 0.717) is 35.6 Å². The predicted octanol–water partition coefficient (Wildman–Crippen LogP) is 6.94. The normalized spacial score (nSPS) is 17.2. The van der Waals surface area contributed by atoms with Crippen molar-refractivity contribution in [3.63, 3.8) is 0 Å². The van der Waals surface area contributed by atoms with Crippen LogP contribution in [0.3, 0.4) is 0 Å². The lowest BCUT2D eigenvalue weighted by Crippen LogP contribution is -2.60. The van der Waals surface area contributed by atoms with Gasteiger partial charge in [-0.15, -0.1) is 0 Å². The maximum Gasteiger partial charge on any atom is 0.290 e. The number of carbonyl (C=O) groups is 1. The quantitative estimate of drug-likeness (QED) is 0.429. The predicted molar refractivity (Wildman–Crippen MR) is 139 cm³/mol. The minimum Gasteiger partial charge on any atom is -0.451 e. The Morgan fingerprint density at radius 3 is 2.50 bits per heavy atom. The van der Waals surface area contributed by atoms with Gasteiger partial charge in [-0.1, -0.05) is 51.9 Å². The number of carbonyl (C=O) groups excluding carboxylic acids is 1. The van der Waals surface area contributed by atoms with E-state index in [1.807, 2.05) is 24.0 Å². The van der Waals surface area contributed by atoms with Gasteiger partial charge in [-0.2, -0.15) is 0 Å². The summed E-state index contributed by atoms with van der Waals surface area (Å²) in [5, 5.41) is 0.0749. The fourth-order valence-electron chi connectivity index (χ4n) is 4.51. The van der Waals surface area contributed by atoms with Gasteiger partial charge in [-0.25, -0.2) is 4.39 Å². The highest BCUT2D eigenvalue weighted by atomic mass is 35.5. The first-order valence-corrected chi connectivity index (χ1v) is 12.1. The molecule has 1 aliphatic rings. The van der Waals surface area contributed by atoms with Crippen molar-refractivity contribution in [1.82, 2.24) is 9.80 Å². The molecule has 2 heterocycles. The highest BCUT2D eigenvalue weighted by Gasteiger charge is 2.38. The number of hydrogen-bond acceptors (Lipinski definition) is 3. The number of halogens is 2. The molecule has 1 aromatic heterocycles. The highest BCUT2D eigenvalue weighted by molar-refractivity contribution is 6.30. The fourth-order valence-corrected chi connectivity index (χ4v) is 4.63. The number of amides is 1. The maximum absolute atomic E-state index is 14.1. The summed E-state index contributed by atoms with van der Waals surface area (Å²) in [6.07, 6.45) is 2.64. The van der Waals surface area contributed by atoms with Gasteiger partial charge < -0.3 is 14.2 Å². The summed E-state index contributed by atoms with van der Waals surface area (Å²) in [4.78, 5) is 17.7. The first-order chi connectivity index (χ1) is 15.7. The standard InChI is InChI=1S/C28H36ClFN2O2/c1-9-19-16-24(26(33)32-13-12-31(8)17-28(32,6)7)34-25(19)21(27(3,4)5)14-18(2)20-10-11-22(29)23(30)15-20/h10-11,14-16H,2,9,12-13,17H2,1,3-8H3/b21-14+. The molecule has 0 unspecified atom stereocenters. The second-order valence-electron chi connectivity index (χ2n) is 10.8. The molecule has 1 saturated heterocycles. The van der Waals surface area contributed by atoms with Crippen LogP contribution in [0.5, 0.6) is 0 Å². The molecule has 0 bridgehead atoms. The van der Waals surface area contributed by atoms with Gasteiger partial charge in [0.1, 0.15) is 11.6 Å². The molecule has 0 saturated carbocycles. The Morgan fingerprint density at radius 1 is 1.26 bits per heavy atom. The second-order valence-corrected chi connectivity index (χ2v) is 11.2. The molecule has 34 heavy (non-hydrogen) atoms. The first kappa shape index (κ1) is 26.2. The van der Waals surface area contributed by atoms with Crippen LogP contribution < -0.4 is 0 Å². The summed E-state index contributed by atoms with van der Waals surface area (Å²) in [7, 11) is 2.07. The van der Waals surface area contributed by atoms with Gasteiger partial charge in [-0.05, 0) is 73.7 Å². The third-order valence-electron chi connectivity index (χ3n) is 6.40. The summed E-state index contributed by atoms with van der Waals surface area (Å²) in [5.74, 6) is 0.454. The fraction of sp³-hybridized carbons (Fsp3) is 0.464. The topological polar surface area (TPSA) is 36.7 Å². The smallest absolute Gasteiger partial charge is 0.290 e. The number of nitrogens with zero attached hydrogens (tertiary/aromatic N) is 2. The lowest BCUT2D eigenvalue weighted by Gasteiger charge is -2.45. The minimum absolute atomic E-state index is 0.0749. The Morgan fingerprint density at radius 2 is 1.94 bits per heavy atom. The zero-order valence-electron chi connectivity index (χ0n) is 21.4. The molecule has 3 rings (SSSR count). The van der Waals surface area contributed by atoms with Gasteiger partial charge in [0.15, 0.2) is 5.76 Å². The van der Waals surface area contributed by atoms with Crippen molar-refractivity contribution in [1.29, 1.82) is 0 Å². The van der Waals surface area contributed by atoms with Crippen molar-refractivity contribution in [3.8, 4) is 0 Å². The lowest BCUT2D eigenvalue weighted by atomic mass is 9.82. The second kappa shape index (κ2) is 9.71. The maximum atomic E-state index is 14.1. The molecule has 4 nitrogen and oxygen atoms in total. The van der Waals surface area contributed by atoms with Crippen molar-refractivity contribution >= 4 is 28.7 Å². The number of likely N-dealkylation sites (N-methyl/N-ethyl adjacent to an activating group) is 1. The average molecular weight is 487 g/mol. The molecular weight excluding hydrogens is 451 g/mol. The molecular formula is C28H36ClFN2O2. The van der Waals surface area contributed by atoms with Crippen LogP contribution in [0.15, 0.2) is 41.3 Å². The molecule has 1 fully saturated rings. The summed E-state index contributed by atoms with van der Waals surface area (Å²) in [5.41, 5.74) is 2.56. The first-order valence-electron chi connectivity index (χ1n) is 11.7. The number of piperazine rings is 1. The number of allylic oxidation sites excluding steroid dienone is 3. The van der Waals surface area contributed by atoms with Crippen LogP contribution >= 0.6 is 11.6 Å². The van der Waals surface area contributed by atoms with Crippen LogP contribution in [-0.4, -0.2) is 47.9 Å². The minimum atomic E-state index is -0.485. The Bertz CT molecular complexity index is 1120. The molecule has 0 spiro atoms. The lowest BCUT2D eigenvalue weighted by molar-refractivity contribution is 0.0222. The van der Waals surface area contributed by atoms with Crippen LogP contribution in [0.1, 0.15) is 69.0 Å². The van der Waals surface area contributed by atoms with Gasteiger partial charge in [0.2, 0.25) is 0 Å². The van der Waals surface area contributed by atoms with Crippen LogP contribution in [0.25, 0.3) is 11.1 Å². The Kier molecular flexibility index (Phi) is 7.49. The zero-order valence-corrected chi connectivity index (χ0v) is 22.1. The third kappa shape index (κ3) is 5.47. The van der Waals surface area contributed by atoms with E-state index in [2.05, 4.69) is 53.1 Å². The highest BCUT2D eigenvalue weighted by Crippen LogP contribution is 2.40. The van der Waals surface area contributed by atoms with Gasteiger partial charge in [0, 0.05) is 25.2 Å². The number of rotatable bonds is 5. The number of aryl methyl sites for hydroxylation is 1. The average Bonchev–Trinajstić information content (AvgIpc) is 3.15. The number of hydrogen-bond donors (Lipinski definition) is 0. The number of furan rings is 1. The molecule has 0 radical (unpaired) electrons. The summed E-state index contributed by atoms with van der Waals surface area (Å²) >= 11 is 5.85. The van der Waals surface area contributed by atoms with Crippen molar-refractivity contribution in [2.45, 2.75) is 53.5 Å². The van der Waals surface area contributed by atoms with E-state index in [-0.39, 0.29) is 21.9 Å². The van der Waals surface area contributed by atoms with E-state index >= 15 is 0 Å². The van der Waals surface area contributed by atoms with E-state index in [4.69, 9.17) is 16.0 Å². The third-order valence-corrected chi connectivity index (χ3v) is 6.71. The van der Waals surface area contributed by atoms with Crippen LogP contribution in [0.2, 0.25) is 5.02 Å². The summed E-state index contributed by atoms with van der Waals surface area (Å²) in [6.45, 7) is 18.9. The molecule has 0 N–H and O–H groups in total. The van der Waals surface area contributed by atoms with Crippen molar-refractivity contribution in [2.75, 3.05) is 26.7 Å². The molecule has 0 atom stereocenters. The van der Waals surface area contributed by atoms with E-state index in [9.17, 15) is 9.18 Å². The Balaban J connectivity index is 2.03. The largest absolute Gasteiger partial charge is 0.451 e. The van der Waals surface area contributed by atoms with Crippen molar-refractivity contribution in [3.05, 3.63) is 70.4 Å². The van der Waals surface area contributed by atoms with E-state index in [0.717, 1.165) is 24.2 Å². The van der Waals surface area contributed by atoms with E-state index < -0.39 is 5.82 Å². The SMILES string of the molecule is C=C(/C=C(\c1oc(C(=O)N2CCN(C)CC2(C)C)cc1CC)C(C)(C)C)c1ccc(Cl)c(F)c1. The zero-order chi connectivity index (χ0) is 25.4. The summed E-state index contributed by atoms with van der Waals surface area (Å²) in [6, 6.07) is 6.53. The molecule has 184 valence electrons. The molecule has 2 aromatic rings. The van der Waals surface area contributed by atoms with Gasteiger partial charge in [-0.3, -0.25) is 4.79 Å². The van der Waals surface area contributed by atoms with Gasteiger partial charge in [0.05, 0.1) is 10.6 Å². The number of benzene rings is 1.